The van der Waals surface area contributed by atoms with Crippen molar-refractivity contribution >= 4 is 39.5 Å². The van der Waals surface area contributed by atoms with Crippen LogP contribution in [-0.4, -0.2) is 34.3 Å². The second kappa shape index (κ2) is 6.45. The lowest BCUT2D eigenvalue weighted by Gasteiger charge is -2.32. The average Bonchev–Trinajstić information content (AvgIpc) is 2.95. The summed E-state index contributed by atoms with van der Waals surface area (Å²) in [5, 5.41) is 9.45. The first kappa shape index (κ1) is 15.6. The number of amides is 2. The Morgan fingerprint density at radius 2 is 2.13 bits per heavy atom. The van der Waals surface area contributed by atoms with E-state index in [0.29, 0.717) is 17.8 Å². The minimum absolute atomic E-state index is 0.321. The van der Waals surface area contributed by atoms with Crippen molar-refractivity contribution in [2.75, 3.05) is 29.0 Å². The Balaban J connectivity index is 1.74. The number of urea groups is 1. The summed E-state index contributed by atoms with van der Waals surface area (Å²) < 4.78 is 0.978. The van der Waals surface area contributed by atoms with Crippen LogP contribution in [0.15, 0.2) is 22.7 Å². The molecule has 1 aromatic carbocycles. The molecule has 1 aliphatic heterocycles. The molecule has 0 bridgehead atoms. The molecule has 0 aliphatic carbocycles. The molecule has 1 aliphatic rings. The number of nitrogens with one attached hydrogen (secondary N) is 2. The molecule has 0 unspecified atom stereocenters. The highest BCUT2D eigenvalue weighted by molar-refractivity contribution is 9.10. The zero-order chi connectivity index (χ0) is 16.4. The molecule has 3 rings (SSSR count). The van der Waals surface area contributed by atoms with Gasteiger partial charge in [-0.1, -0.05) is 15.9 Å². The van der Waals surface area contributed by atoms with E-state index in [0.717, 1.165) is 41.7 Å². The van der Waals surface area contributed by atoms with Gasteiger partial charge in [0, 0.05) is 23.2 Å². The number of hydrogen-bond donors (Lipinski definition) is 4. The summed E-state index contributed by atoms with van der Waals surface area (Å²) >= 11 is 3.49. The zero-order valence-electron chi connectivity index (χ0n) is 12.4. The van der Waals surface area contributed by atoms with Gasteiger partial charge in [-0.2, -0.15) is 4.98 Å². The molecule has 9 heteroatoms. The number of nitrogen functional groups attached to an aromatic ring is 1. The number of carbonyl (C=O) groups is 1. The first-order valence-electron chi connectivity index (χ1n) is 7.31. The van der Waals surface area contributed by atoms with E-state index >= 15 is 0 Å². The number of H-pyrrole nitrogens is 1. The van der Waals surface area contributed by atoms with E-state index in [9.17, 15) is 4.79 Å². The van der Waals surface area contributed by atoms with Gasteiger partial charge in [0.2, 0.25) is 11.9 Å². The average molecular weight is 380 g/mol. The summed E-state index contributed by atoms with van der Waals surface area (Å²) in [6.07, 6.45) is 1.86. The molecule has 1 aromatic heterocycles. The van der Waals surface area contributed by atoms with Gasteiger partial charge in [-0.05, 0) is 42.5 Å². The summed E-state index contributed by atoms with van der Waals surface area (Å²) in [7, 11) is 0. The molecular weight excluding hydrogens is 362 g/mol. The van der Waals surface area contributed by atoms with Gasteiger partial charge in [0.05, 0.1) is 0 Å². The van der Waals surface area contributed by atoms with Crippen molar-refractivity contribution in [2.45, 2.75) is 18.8 Å². The standard InChI is InChI=1S/C14H18BrN7O/c15-9-1-2-11(18-13(17)23)10(7-9)8-3-5-22(6-4-8)14-19-12(16)20-21-14/h1-2,7-8H,3-6H2,(H3,17,18,23)(H3,16,19,20,21). The normalized spacial score (nSPS) is 15.6. The molecule has 1 saturated heterocycles. The van der Waals surface area contributed by atoms with Crippen LogP contribution in [0.2, 0.25) is 0 Å². The number of piperidine rings is 1. The van der Waals surface area contributed by atoms with Crippen molar-refractivity contribution < 1.29 is 4.79 Å². The first-order valence-corrected chi connectivity index (χ1v) is 8.11. The van der Waals surface area contributed by atoms with Gasteiger partial charge in [0.1, 0.15) is 0 Å². The van der Waals surface area contributed by atoms with Gasteiger partial charge < -0.3 is 21.7 Å². The van der Waals surface area contributed by atoms with E-state index in [1.807, 2.05) is 18.2 Å². The van der Waals surface area contributed by atoms with Gasteiger partial charge in [-0.15, -0.1) is 5.10 Å². The van der Waals surface area contributed by atoms with Crippen LogP contribution in [0.5, 0.6) is 0 Å². The fourth-order valence-electron chi connectivity index (χ4n) is 2.91. The summed E-state index contributed by atoms with van der Waals surface area (Å²) in [4.78, 5) is 17.4. The zero-order valence-corrected chi connectivity index (χ0v) is 14.0. The number of rotatable bonds is 3. The largest absolute Gasteiger partial charge is 0.368 e. The lowest BCUT2D eigenvalue weighted by atomic mass is 9.88. The van der Waals surface area contributed by atoms with Crippen LogP contribution in [0.3, 0.4) is 0 Å². The van der Waals surface area contributed by atoms with Gasteiger partial charge in [-0.25, -0.2) is 9.89 Å². The molecule has 2 amide bonds. The number of anilines is 3. The fraction of sp³-hybridized carbons (Fsp3) is 0.357. The maximum atomic E-state index is 11.2. The molecule has 8 nitrogen and oxygen atoms in total. The van der Waals surface area contributed by atoms with E-state index in [1.54, 1.807) is 0 Å². The van der Waals surface area contributed by atoms with Crippen LogP contribution in [0.25, 0.3) is 0 Å². The van der Waals surface area contributed by atoms with E-state index in [1.165, 1.54) is 0 Å². The van der Waals surface area contributed by atoms with E-state index in [-0.39, 0.29) is 0 Å². The van der Waals surface area contributed by atoms with E-state index in [4.69, 9.17) is 11.5 Å². The first-order chi connectivity index (χ1) is 11.0. The predicted octanol–water partition coefficient (Wildman–Crippen LogP) is 2.02. The molecule has 23 heavy (non-hydrogen) atoms. The van der Waals surface area contributed by atoms with Crippen LogP contribution in [0, 0.1) is 0 Å². The number of benzene rings is 1. The minimum atomic E-state index is -0.554. The van der Waals surface area contributed by atoms with Crippen molar-refractivity contribution in [1.29, 1.82) is 0 Å². The molecule has 0 saturated carbocycles. The van der Waals surface area contributed by atoms with Crippen LogP contribution < -0.4 is 21.7 Å². The number of halogens is 1. The van der Waals surface area contributed by atoms with E-state index in [2.05, 4.69) is 41.3 Å². The lowest BCUT2D eigenvalue weighted by Crippen LogP contribution is -2.34. The molecule has 122 valence electrons. The van der Waals surface area contributed by atoms with Crippen molar-refractivity contribution in [3.63, 3.8) is 0 Å². The molecule has 1 fully saturated rings. The fourth-order valence-corrected chi connectivity index (χ4v) is 3.29. The summed E-state index contributed by atoms with van der Waals surface area (Å²) in [6.45, 7) is 1.65. The van der Waals surface area contributed by atoms with Crippen molar-refractivity contribution in [2.24, 2.45) is 5.73 Å². The highest BCUT2D eigenvalue weighted by atomic mass is 79.9. The third kappa shape index (κ3) is 3.55. The Morgan fingerprint density at radius 1 is 1.39 bits per heavy atom. The summed E-state index contributed by atoms with van der Waals surface area (Å²) in [5.41, 5.74) is 12.7. The predicted molar refractivity (Wildman–Crippen MR) is 92.3 cm³/mol. The highest BCUT2D eigenvalue weighted by Gasteiger charge is 2.25. The van der Waals surface area contributed by atoms with Crippen molar-refractivity contribution in [3.05, 3.63) is 28.2 Å². The lowest BCUT2D eigenvalue weighted by molar-refractivity contribution is 0.259. The number of hydrogen-bond acceptors (Lipinski definition) is 5. The molecule has 0 radical (unpaired) electrons. The third-order valence-corrected chi connectivity index (χ3v) is 4.47. The summed E-state index contributed by atoms with van der Waals surface area (Å²) in [6, 6.07) is 5.24. The van der Waals surface area contributed by atoms with Crippen LogP contribution >= 0.6 is 15.9 Å². The minimum Gasteiger partial charge on any atom is -0.368 e. The Hall–Kier alpha value is -2.29. The number of carbonyl (C=O) groups excluding carboxylic acids is 1. The number of aromatic nitrogens is 3. The topological polar surface area (TPSA) is 126 Å². The highest BCUT2D eigenvalue weighted by Crippen LogP contribution is 2.35. The smallest absolute Gasteiger partial charge is 0.316 e. The quantitative estimate of drug-likeness (QED) is 0.648. The van der Waals surface area contributed by atoms with Crippen LogP contribution in [0.4, 0.5) is 22.4 Å². The SMILES string of the molecule is NC(=O)Nc1ccc(Br)cc1C1CCN(c2n[nH]c(N)n2)CC1. The monoisotopic (exact) mass is 379 g/mol. The number of nitrogens with two attached hydrogens (primary N) is 2. The number of aromatic amines is 1. The molecule has 2 heterocycles. The molecule has 2 aromatic rings. The van der Waals surface area contributed by atoms with E-state index < -0.39 is 6.03 Å². The molecule has 0 atom stereocenters. The maximum absolute atomic E-state index is 11.2. The molecular formula is C14H18BrN7O. The maximum Gasteiger partial charge on any atom is 0.316 e. The van der Waals surface area contributed by atoms with Gasteiger partial charge in [-0.3, -0.25) is 0 Å². The third-order valence-electron chi connectivity index (χ3n) is 3.98. The Morgan fingerprint density at radius 3 is 2.74 bits per heavy atom. The van der Waals surface area contributed by atoms with Crippen LogP contribution in [0.1, 0.15) is 24.3 Å². The molecule has 6 N–H and O–H groups in total. The van der Waals surface area contributed by atoms with Gasteiger partial charge in [0.25, 0.3) is 0 Å². The van der Waals surface area contributed by atoms with Crippen molar-refractivity contribution in [3.8, 4) is 0 Å². The second-order valence-electron chi connectivity index (χ2n) is 5.50. The van der Waals surface area contributed by atoms with Crippen molar-refractivity contribution in [1.82, 2.24) is 15.2 Å². The number of nitrogens with zero attached hydrogens (tertiary/aromatic N) is 3. The Bertz CT molecular complexity index is 709. The summed E-state index contributed by atoms with van der Waals surface area (Å²) in [5.74, 6) is 1.29. The second-order valence-corrected chi connectivity index (χ2v) is 6.42. The van der Waals surface area contributed by atoms with Gasteiger partial charge in [0.15, 0.2) is 0 Å². The molecule has 0 spiro atoms. The Labute approximate surface area is 141 Å². The number of primary amides is 1. The van der Waals surface area contributed by atoms with Crippen LogP contribution in [-0.2, 0) is 0 Å². The van der Waals surface area contributed by atoms with Gasteiger partial charge >= 0.3 is 6.03 Å². The Kier molecular flexibility index (Phi) is 4.37.